The van der Waals surface area contributed by atoms with Crippen LogP contribution in [0.5, 0.6) is 5.75 Å². The molecule has 0 bridgehead atoms. The molecule has 0 radical (unpaired) electrons. The molecule has 2 aromatic heterocycles. The molecule has 3 aromatic rings. The zero-order valence-corrected chi connectivity index (χ0v) is 18.0. The highest BCUT2D eigenvalue weighted by molar-refractivity contribution is 5.96. The molecule has 10 heteroatoms. The summed E-state index contributed by atoms with van der Waals surface area (Å²) in [6.07, 6.45) is -1.61. The first-order chi connectivity index (χ1) is 15.8. The van der Waals surface area contributed by atoms with Gasteiger partial charge in [0.15, 0.2) is 5.69 Å². The summed E-state index contributed by atoms with van der Waals surface area (Å²) in [4.78, 5) is 26.6. The van der Waals surface area contributed by atoms with Crippen LogP contribution in [-0.2, 0) is 19.1 Å². The van der Waals surface area contributed by atoms with E-state index in [-0.39, 0.29) is 29.8 Å². The zero-order valence-electron chi connectivity index (χ0n) is 18.0. The monoisotopic (exact) mass is 460 g/mol. The fraction of sp³-hybridized carbons (Fsp3) is 0.348. The molecule has 0 spiro atoms. The van der Waals surface area contributed by atoms with Crippen molar-refractivity contribution < 1.29 is 22.7 Å². The minimum Gasteiger partial charge on any atom is -0.497 e. The Labute approximate surface area is 188 Å². The smallest absolute Gasteiger partial charge is 0.435 e. The van der Waals surface area contributed by atoms with Crippen molar-refractivity contribution in [2.45, 2.75) is 32.0 Å². The molecule has 0 saturated heterocycles. The maximum absolute atomic E-state index is 13.6. The van der Waals surface area contributed by atoms with Crippen molar-refractivity contribution >= 4 is 5.91 Å². The molecule has 1 aliphatic heterocycles. The number of rotatable bonds is 7. The Morgan fingerprint density at radius 3 is 2.42 bits per heavy atom. The first-order valence-electron chi connectivity index (χ1n) is 10.6. The number of fused-ring (bicyclic) bond motifs is 1. The van der Waals surface area contributed by atoms with Gasteiger partial charge in [-0.15, -0.1) is 0 Å². The Bertz CT molecular complexity index is 1200. The van der Waals surface area contributed by atoms with Gasteiger partial charge >= 0.3 is 6.18 Å². The van der Waals surface area contributed by atoms with Crippen molar-refractivity contribution in [1.29, 1.82) is 0 Å². The van der Waals surface area contributed by atoms with Crippen LogP contribution >= 0.6 is 0 Å². The fourth-order valence-electron chi connectivity index (χ4n) is 3.99. The highest BCUT2D eigenvalue weighted by Crippen LogP contribution is 2.36. The van der Waals surface area contributed by atoms with Crippen molar-refractivity contribution in [3.63, 3.8) is 0 Å². The summed E-state index contributed by atoms with van der Waals surface area (Å²) in [5.74, 6) is 0.0632. The molecule has 1 amide bonds. The van der Waals surface area contributed by atoms with Crippen molar-refractivity contribution in [2.75, 3.05) is 20.2 Å². The number of hydrogen-bond donors (Lipinski definition) is 0. The Balaban J connectivity index is 1.55. The third-order valence-electron chi connectivity index (χ3n) is 5.67. The average Bonchev–Trinajstić information content (AvgIpc) is 3.20. The van der Waals surface area contributed by atoms with E-state index in [9.17, 15) is 22.8 Å². The number of halogens is 3. The van der Waals surface area contributed by atoms with E-state index in [0.29, 0.717) is 37.4 Å². The largest absolute Gasteiger partial charge is 0.497 e. The van der Waals surface area contributed by atoms with Crippen molar-refractivity contribution in [1.82, 2.24) is 19.2 Å². The van der Waals surface area contributed by atoms with E-state index in [1.54, 1.807) is 52.1 Å². The number of benzene rings is 1. The number of aromatic nitrogens is 3. The predicted molar refractivity (Wildman–Crippen MR) is 115 cm³/mol. The topological polar surface area (TPSA) is 69.4 Å². The first kappa shape index (κ1) is 22.6. The van der Waals surface area contributed by atoms with Crippen LogP contribution in [0.15, 0.2) is 53.5 Å². The molecule has 1 aromatic carbocycles. The SMILES string of the molecule is COc1ccc(-n2nc(C(F)(F)F)c3c2C(=O)N(CCCCn2ccccc2=O)CC3)cc1. The Morgan fingerprint density at radius 2 is 1.76 bits per heavy atom. The molecule has 4 rings (SSSR count). The van der Waals surface area contributed by atoms with E-state index in [1.807, 2.05) is 0 Å². The molecule has 1 aliphatic rings. The van der Waals surface area contributed by atoms with Crippen LogP contribution in [0, 0.1) is 0 Å². The zero-order chi connectivity index (χ0) is 23.6. The predicted octanol–water partition coefficient (Wildman–Crippen LogP) is 3.54. The summed E-state index contributed by atoms with van der Waals surface area (Å²) in [6.45, 7) is 1.08. The first-order valence-corrected chi connectivity index (χ1v) is 10.6. The lowest BCUT2D eigenvalue weighted by molar-refractivity contribution is -0.142. The molecular weight excluding hydrogens is 437 g/mol. The minimum atomic E-state index is -4.66. The Hall–Kier alpha value is -3.56. The lowest BCUT2D eigenvalue weighted by Crippen LogP contribution is -2.39. The number of methoxy groups -OCH3 is 1. The highest BCUT2D eigenvalue weighted by Gasteiger charge is 2.43. The molecule has 0 saturated carbocycles. The Kier molecular flexibility index (Phi) is 6.26. The van der Waals surface area contributed by atoms with E-state index in [4.69, 9.17) is 4.74 Å². The summed E-state index contributed by atoms with van der Waals surface area (Å²) in [5.41, 5.74) is -0.904. The van der Waals surface area contributed by atoms with E-state index < -0.39 is 17.8 Å². The number of hydrogen-bond acceptors (Lipinski definition) is 4. The van der Waals surface area contributed by atoms with Crippen molar-refractivity contribution in [2.24, 2.45) is 0 Å². The summed E-state index contributed by atoms with van der Waals surface area (Å²) in [5, 5.41) is 3.78. The van der Waals surface area contributed by atoms with E-state index in [0.717, 1.165) is 4.68 Å². The second-order valence-electron chi connectivity index (χ2n) is 7.76. The lowest BCUT2D eigenvalue weighted by Gasteiger charge is -2.28. The number of amides is 1. The van der Waals surface area contributed by atoms with Gasteiger partial charge in [0.25, 0.3) is 5.91 Å². The molecule has 0 aliphatic carbocycles. The molecule has 0 fully saturated rings. The number of unbranched alkanes of at least 4 members (excludes halogenated alkanes) is 1. The van der Waals surface area contributed by atoms with Gasteiger partial charge in [0.05, 0.1) is 12.8 Å². The summed E-state index contributed by atoms with van der Waals surface area (Å²) >= 11 is 0. The quantitative estimate of drug-likeness (QED) is 0.506. The average molecular weight is 460 g/mol. The second-order valence-corrected chi connectivity index (χ2v) is 7.76. The maximum atomic E-state index is 13.6. The maximum Gasteiger partial charge on any atom is 0.435 e. The van der Waals surface area contributed by atoms with Gasteiger partial charge < -0.3 is 14.2 Å². The van der Waals surface area contributed by atoms with E-state index >= 15 is 0 Å². The van der Waals surface area contributed by atoms with Gasteiger partial charge in [-0.2, -0.15) is 18.3 Å². The fourth-order valence-corrected chi connectivity index (χ4v) is 3.99. The minimum absolute atomic E-state index is 0.0574. The summed E-state index contributed by atoms with van der Waals surface area (Å²) in [6, 6.07) is 11.3. The molecule has 7 nitrogen and oxygen atoms in total. The van der Waals surface area contributed by atoms with Crippen LogP contribution in [0.2, 0.25) is 0 Å². The number of nitrogens with zero attached hydrogens (tertiary/aromatic N) is 4. The van der Waals surface area contributed by atoms with Crippen molar-refractivity contribution in [3.8, 4) is 11.4 Å². The van der Waals surface area contributed by atoms with Gasteiger partial charge in [-0.3, -0.25) is 9.59 Å². The number of alkyl halides is 3. The van der Waals surface area contributed by atoms with Crippen LogP contribution < -0.4 is 10.3 Å². The van der Waals surface area contributed by atoms with Gasteiger partial charge in [-0.1, -0.05) is 6.07 Å². The number of ether oxygens (including phenoxy) is 1. The van der Waals surface area contributed by atoms with E-state index in [1.165, 1.54) is 13.2 Å². The van der Waals surface area contributed by atoms with Gasteiger partial charge in [-0.25, -0.2) is 4.68 Å². The van der Waals surface area contributed by atoms with Crippen LogP contribution in [0.3, 0.4) is 0 Å². The van der Waals surface area contributed by atoms with Gasteiger partial charge in [0.1, 0.15) is 11.4 Å². The standard InChI is InChI=1S/C23H23F3N4O3/c1-33-17-9-7-16(8-10-17)30-20-18(21(27-30)23(24,25)26)11-15-29(22(20)32)14-5-4-13-28-12-3-2-6-19(28)31/h2-3,6-10,12H,4-5,11,13-15H2,1H3. The van der Waals surface area contributed by atoms with Crippen LogP contribution in [0.1, 0.15) is 34.6 Å². The molecular formula is C23H23F3N4O3. The lowest BCUT2D eigenvalue weighted by atomic mass is 10.0. The van der Waals surface area contributed by atoms with Gasteiger partial charge in [0.2, 0.25) is 5.56 Å². The normalized spacial score (nSPS) is 13.8. The number of pyridine rings is 1. The van der Waals surface area contributed by atoms with Crippen molar-refractivity contribution in [3.05, 3.63) is 76.0 Å². The highest BCUT2D eigenvalue weighted by atomic mass is 19.4. The van der Waals surface area contributed by atoms with Gasteiger partial charge in [0, 0.05) is 37.5 Å². The molecule has 33 heavy (non-hydrogen) atoms. The number of carbonyl (C=O) groups excluding carboxylic acids is 1. The third kappa shape index (κ3) is 4.64. The number of carbonyl (C=O) groups is 1. The van der Waals surface area contributed by atoms with Crippen LogP contribution in [0.25, 0.3) is 5.69 Å². The summed E-state index contributed by atoms with van der Waals surface area (Å²) in [7, 11) is 1.49. The molecule has 3 heterocycles. The summed E-state index contributed by atoms with van der Waals surface area (Å²) < 4.78 is 48.7. The Morgan fingerprint density at radius 1 is 1.03 bits per heavy atom. The molecule has 0 unspecified atom stereocenters. The van der Waals surface area contributed by atoms with Gasteiger partial charge in [-0.05, 0) is 49.6 Å². The van der Waals surface area contributed by atoms with Crippen LogP contribution in [0.4, 0.5) is 13.2 Å². The van der Waals surface area contributed by atoms with E-state index in [2.05, 4.69) is 5.10 Å². The second kappa shape index (κ2) is 9.13. The molecule has 0 atom stereocenters. The third-order valence-corrected chi connectivity index (χ3v) is 5.67. The molecule has 174 valence electrons. The van der Waals surface area contributed by atoms with Crippen LogP contribution in [-0.4, -0.2) is 45.4 Å². The molecule has 0 N–H and O–H groups in total. The number of aryl methyl sites for hydroxylation is 1.